The van der Waals surface area contributed by atoms with Crippen LogP contribution in [0.2, 0.25) is 0 Å². The molecule has 0 amide bonds. The number of ketones is 2. The van der Waals surface area contributed by atoms with Crippen molar-refractivity contribution >= 4 is 29.0 Å². The molecular weight excluding hydrogens is 308 g/mol. The van der Waals surface area contributed by atoms with E-state index in [-0.39, 0.29) is 22.8 Å². The Morgan fingerprint density at radius 1 is 1.00 bits per heavy atom. The normalized spacial score (nSPS) is 13.0. The van der Waals surface area contributed by atoms with Crippen LogP contribution in [-0.4, -0.2) is 30.6 Å². The summed E-state index contributed by atoms with van der Waals surface area (Å²) in [5.74, 6) is -0.704. The average Bonchev–Trinajstić information content (AvgIpc) is 2.80. The molecule has 0 aliphatic heterocycles. The van der Waals surface area contributed by atoms with Gasteiger partial charge in [-0.2, -0.15) is 0 Å². The van der Waals surface area contributed by atoms with E-state index in [9.17, 15) is 19.7 Å². The molecule has 0 heterocycles. The molecule has 0 saturated heterocycles. The SMILES string of the molecule is CN(C)c1ccc(C=C2C(=O)c3ccccc3C2=O)cc1[N+](=O)[O-]. The number of allylic oxidation sites excluding steroid dienone is 1. The Bertz CT molecular complexity index is 876. The predicted molar refractivity (Wildman–Crippen MR) is 90.5 cm³/mol. The van der Waals surface area contributed by atoms with E-state index in [1.165, 1.54) is 12.1 Å². The van der Waals surface area contributed by atoms with Gasteiger partial charge in [-0.05, 0) is 17.7 Å². The van der Waals surface area contributed by atoms with Crippen molar-refractivity contribution in [2.45, 2.75) is 0 Å². The van der Waals surface area contributed by atoms with E-state index in [0.717, 1.165) is 0 Å². The highest BCUT2D eigenvalue weighted by atomic mass is 16.6. The first kappa shape index (κ1) is 15.6. The van der Waals surface area contributed by atoms with Crippen LogP contribution >= 0.6 is 0 Å². The van der Waals surface area contributed by atoms with E-state index < -0.39 is 4.92 Å². The van der Waals surface area contributed by atoms with Crippen LogP contribution in [0.5, 0.6) is 0 Å². The van der Waals surface area contributed by atoms with Gasteiger partial charge in [0.1, 0.15) is 5.69 Å². The molecule has 0 radical (unpaired) electrons. The van der Waals surface area contributed by atoms with Crippen molar-refractivity contribution < 1.29 is 14.5 Å². The summed E-state index contributed by atoms with van der Waals surface area (Å²) in [6.07, 6.45) is 1.41. The molecule has 0 aromatic heterocycles. The summed E-state index contributed by atoms with van der Waals surface area (Å²) in [5.41, 5.74) is 1.58. The Morgan fingerprint density at radius 2 is 1.58 bits per heavy atom. The molecule has 0 spiro atoms. The highest BCUT2D eigenvalue weighted by Crippen LogP contribution is 2.31. The number of Topliss-reactive ketones (excluding diaryl/α,β-unsaturated/α-hetero) is 2. The minimum Gasteiger partial charge on any atom is -0.372 e. The second-order valence-electron chi connectivity index (χ2n) is 5.66. The largest absolute Gasteiger partial charge is 0.372 e. The lowest BCUT2D eigenvalue weighted by Gasteiger charge is -2.12. The summed E-state index contributed by atoms with van der Waals surface area (Å²) in [7, 11) is 3.42. The molecule has 6 heteroatoms. The molecule has 2 aromatic rings. The Hall–Kier alpha value is -3.28. The maximum atomic E-state index is 12.4. The number of carbonyl (C=O) groups is 2. The number of nitro groups is 1. The number of hydrogen-bond donors (Lipinski definition) is 0. The topological polar surface area (TPSA) is 80.5 Å². The number of benzene rings is 2. The number of anilines is 1. The van der Waals surface area contributed by atoms with Crippen LogP contribution < -0.4 is 4.90 Å². The van der Waals surface area contributed by atoms with Gasteiger partial charge in [0.05, 0.1) is 10.5 Å². The van der Waals surface area contributed by atoms with Crippen LogP contribution in [0.4, 0.5) is 11.4 Å². The Kier molecular flexibility index (Phi) is 3.73. The third-order valence-electron chi connectivity index (χ3n) is 3.89. The number of hydrogen-bond acceptors (Lipinski definition) is 5. The van der Waals surface area contributed by atoms with Gasteiger partial charge in [0, 0.05) is 31.3 Å². The third-order valence-corrected chi connectivity index (χ3v) is 3.89. The van der Waals surface area contributed by atoms with Gasteiger partial charge in [-0.15, -0.1) is 0 Å². The van der Waals surface area contributed by atoms with Crippen LogP contribution in [0.3, 0.4) is 0 Å². The van der Waals surface area contributed by atoms with Crippen molar-refractivity contribution in [3.63, 3.8) is 0 Å². The van der Waals surface area contributed by atoms with E-state index in [1.54, 1.807) is 55.4 Å². The van der Waals surface area contributed by atoms with Gasteiger partial charge in [0.15, 0.2) is 11.6 Å². The predicted octanol–water partition coefficient (Wildman–Crippen LogP) is 3.12. The van der Waals surface area contributed by atoms with Gasteiger partial charge in [0.2, 0.25) is 0 Å². The third kappa shape index (κ3) is 2.48. The first-order valence-corrected chi connectivity index (χ1v) is 7.26. The summed E-state index contributed by atoms with van der Waals surface area (Å²) in [6.45, 7) is 0. The summed E-state index contributed by atoms with van der Waals surface area (Å²) in [6, 6.07) is 11.2. The zero-order chi connectivity index (χ0) is 17.4. The minimum atomic E-state index is -0.482. The lowest BCUT2D eigenvalue weighted by atomic mass is 10.1. The van der Waals surface area contributed by atoms with Gasteiger partial charge < -0.3 is 4.90 Å². The highest BCUT2D eigenvalue weighted by molar-refractivity contribution is 6.41. The van der Waals surface area contributed by atoms with E-state index >= 15 is 0 Å². The Labute approximate surface area is 138 Å². The molecule has 1 aliphatic rings. The van der Waals surface area contributed by atoms with Crippen LogP contribution in [-0.2, 0) is 0 Å². The Balaban J connectivity index is 2.07. The fraction of sp³-hybridized carbons (Fsp3) is 0.111. The van der Waals surface area contributed by atoms with E-state index in [4.69, 9.17) is 0 Å². The summed E-state index contributed by atoms with van der Waals surface area (Å²) >= 11 is 0. The molecule has 24 heavy (non-hydrogen) atoms. The standard InChI is InChI=1S/C18H14N2O4/c1-19(2)15-8-7-11(10-16(15)20(23)24)9-14-17(21)12-5-3-4-6-13(12)18(14)22/h3-10H,1-2H3. The zero-order valence-corrected chi connectivity index (χ0v) is 13.1. The van der Waals surface area contributed by atoms with Gasteiger partial charge >= 0.3 is 0 Å². The maximum absolute atomic E-state index is 12.4. The summed E-state index contributed by atoms with van der Waals surface area (Å²) in [4.78, 5) is 37.1. The lowest BCUT2D eigenvalue weighted by Crippen LogP contribution is -2.11. The smallest absolute Gasteiger partial charge is 0.293 e. The molecule has 0 unspecified atom stereocenters. The first-order valence-electron chi connectivity index (χ1n) is 7.26. The molecule has 0 fully saturated rings. The van der Waals surface area contributed by atoms with Gasteiger partial charge in [0.25, 0.3) is 5.69 Å². The van der Waals surface area contributed by atoms with Crippen LogP contribution in [0, 0.1) is 10.1 Å². The van der Waals surface area contributed by atoms with Crippen molar-refractivity contribution in [2.75, 3.05) is 19.0 Å². The number of nitrogens with zero attached hydrogens (tertiary/aromatic N) is 2. The molecule has 0 bridgehead atoms. The van der Waals surface area contributed by atoms with Gasteiger partial charge in [-0.25, -0.2) is 0 Å². The maximum Gasteiger partial charge on any atom is 0.293 e. The Morgan fingerprint density at radius 3 is 2.08 bits per heavy atom. The van der Waals surface area contributed by atoms with Crippen molar-refractivity contribution in [1.29, 1.82) is 0 Å². The molecule has 0 N–H and O–H groups in total. The van der Waals surface area contributed by atoms with Gasteiger partial charge in [-0.1, -0.05) is 30.3 Å². The molecule has 0 atom stereocenters. The number of rotatable bonds is 3. The quantitative estimate of drug-likeness (QED) is 0.375. The second kappa shape index (κ2) is 5.73. The van der Waals surface area contributed by atoms with E-state index in [1.807, 2.05) is 0 Å². The summed E-state index contributed by atoms with van der Waals surface area (Å²) in [5, 5.41) is 11.2. The molecule has 0 saturated carbocycles. The average molecular weight is 322 g/mol. The lowest BCUT2D eigenvalue weighted by molar-refractivity contribution is -0.384. The zero-order valence-electron chi connectivity index (χ0n) is 13.1. The van der Waals surface area contributed by atoms with Crippen molar-refractivity contribution in [3.8, 4) is 0 Å². The summed E-state index contributed by atoms with van der Waals surface area (Å²) < 4.78 is 0. The monoisotopic (exact) mass is 322 g/mol. The van der Waals surface area contributed by atoms with Crippen LogP contribution in [0.15, 0.2) is 48.0 Å². The molecular formula is C18H14N2O4. The molecule has 2 aromatic carbocycles. The molecule has 6 nitrogen and oxygen atoms in total. The number of nitro benzene ring substituents is 1. The van der Waals surface area contributed by atoms with Crippen LogP contribution in [0.1, 0.15) is 26.3 Å². The second-order valence-corrected chi connectivity index (χ2v) is 5.66. The molecule has 1 aliphatic carbocycles. The minimum absolute atomic E-state index is 0.0306. The fourth-order valence-corrected chi connectivity index (χ4v) is 2.72. The molecule has 3 rings (SSSR count). The van der Waals surface area contributed by atoms with E-state index in [2.05, 4.69) is 0 Å². The first-order chi connectivity index (χ1) is 11.4. The number of fused-ring (bicyclic) bond motifs is 1. The van der Waals surface area contributed by atoms with E-state index in [0.29, 0.717) is 22.4 Å². The number of carbonyl (C=O) groups excluding carboxylic acids is 2. The van der Waals surface area contributed by atoms with Crippen LogP contribution in [0.25, 0.3) is 6.08 Å². The van der Waals surface area contributed by atoms with Crippen molar-refractivity contribution in [1.82, 2.24) is 0 Å². The van der Waals surface area contributed by atoms with Crippen molar-refractivity contribution in [2.24, 2.45) is 0 Å². The molecule has 120 valence electrons. The van der Waals surface area contributed by atoms with Crippen molar-refractivity contribution in [3.05, 3.63) is 74.8 Å². The van der Waals surface area contributed by atoms with Gasteiger partial charge in [-0.3, -0.25) is 19.7 Å². The highest BCUT2D eigenvalue weighted by Gasteiger charge is 2.32. The fourth-order valence-electron chi connectivity index (χ4n) is 2.72.